The SMILES string of the molecule is O=C(NNC(=S)Nc1cccc(Br)c1)c1ccncc1. The lowest BCUT2D eigenvalue weighted by atomic mass is 10.3. The monoisotopic (exact) mass is 350 g/mol. The van der Waals surface area contributed by atoms with Gasteiger partial charge in [-0.1, -0.05) is 22.0 Å². The minimum Gasteiger partial charge on any atom is -0.331 e. The van der Waals surface area contributed by atoms with Crippen molar-refractivity contribution in [1.29, 1.82) is 0 Å². The number of hydrogen-bond donors (Lipinski definition) is 3. The number of halogens is 1. The van der Waals surface area contributed by atoms with Gasteiger partial charge in [0.1, 0.15) is 0 Å². The van der Waals surface area contributed by atoms with Crippen LogP contribution in [0.15, 0.2) is 53.3 Å². The second-order valence-electron chi connectivity index (χ2n) is 3.78. The summed E-state index contributed by atoms with van der Waals surface area (Å²) in [6, 6.07) is 10.8. The fraction of sp³-hybridized carbons (Fsp3) is 0. The van der Waals surface area contributed by atoms with Crippen LogP contribution in [0.5, 0.6) is 0 Å². The predicted molar refractivity (Wildman–Crippen MR) is 85.2 cm³/mol. The molecule has 0 bridgehead atoms. The van der Waals surface area contributed by atoms with E-state index in [1.54, 1.807) is 24.5 Å². The van der Waals surface area contributed by atoms with Crippen molar-refractivity contribution in [2.24, 2.45) is 0 Å². The number of hydrazine groups is 1. The molecule has 0 spiro atoms. The van der Waals surface area contributed by atoms with Gasteiger partial charge in [0.2, 0.25) is 0 Å². The van der Waals surface area contributed by atoms with Gasteiger partial charge in [-0.15, -0.1) is 0 Å². The van der Waals surface area contributed by atoms with Gasteiger partial charge in [-0.3, -0.25) is 20.6 Å². The number of pyridine rings is 1. The number of anilines is 1. The molecular weight excluding hydrogens is 340 g/mol. The molecule has 102 valence electrons. The Morgan fingerprint density at radius 2 is 1.90 bits per heavy atom. The van der Waals surface area contributed by atoms with Crippen LogP contribution in [-0.2, 0) is 0 Å². The van der Waals surface area contributed by atoms with Crippen molar-refractivity contribution in [2.75, 3.05) is 5.32 Å². The normalized spacial score (nSPS) is 9.65. The van der Waals surface area contributed by atoms with Gasteiger partial charge < -0.3 is 5.32 Å². The Kier molecular flexibility index (Phi) is 5.03. The van der Waals surface area contributed by atoms with Gasteiger partial charge in [0, 0.05) is 28.1 Å². The highest BCUT2D eigenvalue weighted by molar-refractivity contribution is 9.10. The summed E-state index contributed by atoms with van der Waals surface area (Å²) < 4.78 is 0.936. The van der Waals surface area contributed by atoms with E-state index < -0.39 is 0 Å². The number of carbonyl (C=O) groups is 1. The summed E-state index contributed by atoms with van der Waals surface area (Å²) >= 11 is 8.45. The fourth-order valence-electron chi connectivity index (χ4n) is 1.42. The van der Waals surface area contributed by atoms with Crippen molar-refractivity contribution in [2.45, 2.75) is 0 Å². The molecule has 5 nitrogen and oxygen atoms in total. The minimum atomic E-state index is -0.286. The topological polar surface area (TPSA) is 66.1 Å². The molecule has 2 rings (SSSR count). The van der Waals surface area contributed by atoms with Gasteiger partial charge in [0.05, 0.1) is 0 Å². The molecular formula is C13H11BrN4OS. The van der Waals surface area contributed by atoms with Crippen LogP contribution in [0.1, 0.15) is 10.4 Å². The van der Waals surface area contributed by atoms with Crippen LogP contribution in [0.3, 0.4) is 0 Å². The molecule has 0 atom stereocenters. The number of thiocarbonyl (C=S) groups is 1. The first-order valence-corrected chi connectivity index (χ1v) is 6.88. The lowest BCUT2D eigenvalue weighted by molar-refractivity contribution is 0.0944. The second kappa shape index (κ2) is 6.97. The number of carbonyl (C=O) groups excluding carboxylic acids is 1. The molecule has 0 aliphatic rings. The van der Waals surface area contributed by atoms with E-state index in [1.807, 2.05) is 24.3 Å². The fourth-order valence-corrected chi connectivity index (χ4v) is 1.99. The number of nitrogens with zero attached hydrogens (tertiary/aromatic N) is 1. The van der Waals surface area contributed by atoms with Crippen LogP contribution in [0.25, 0.3) is 0 Å². The van der Waals surface area contributed by atoms with E-state index in [-0.39, 0.29) is 5.91 Å². The molecule has 1 aromatic heterocycles. The third kappa shape index (κ3) is 4.29. The molecule has 0 aliphatic carbocycles. The van der Waals surface area contributed by atoms with Crippen LogP contribution < -0.4 is 16.2 Å². The number of hydrogen-bond acceptors (Lipinski definition) is 3. The Balaban J connectivity index is 1.85. The number of amides is 1. The molecule has 0 fully saturated rings. The summed E-state index contributed by atoms with van der Waals surface area (Å²) in [6.45, 7) is 0. The molecule has 1 amide bonds. The third-order valence-electron chi connectivity index (χ3n) is 2.31. The van der Waals surface area contributed by atoms with Crippen molar-refractivity contribution >= 4 is 44.9 Å². The molecule has 3 N–H and O–H groups in total. The van der Waals surface area contributed by atoms with Crippen LogP contribution in [-0.4, -0.2) is 16.0 Å². The van der Waals surface area contributed by atoms with Crippen LogP contribution in [0.4, 0.5) is 5.69 Å². The summed E-state index contributed by atoms with van der Waals surface area (Å²) in [6.07, 6.45) is 3.10. The summed E-state index contributed by atoms with van der Waals surface area (Å²) in [5.41, 5.74) is 6.45. The first-order valence-electron chi connectivity index (χ1n) is 5.68. The summed E-state index contributed by atoms with van der Waals surface area (Å²) in [5, 5.41) is 3.25. The van der Waals surface area contributed by atoms with E-state index >= 15 is 0 Å². The molecule has 2 aromatic rings. The lowest BCUT2D eigenvalue weighted by Crippen LogP contribution is -2.43. The predicted octanol–water partition coefficient (Wildman–Crippen LogP) is 2.48. The van der Waals surface area contributed by atoms with Crippen LogP contribution in [0, 0.1) is 0 Å². The second-order valence-corrected chi connectivity index (χ2v) is 5.10. The highest BCUT2D eigenvalue weighted by Crippen LogP contribution is 2.15. The maximum Gasteiger partial charge on any atom is 0.269 e. The summed E-state index contributed by atoms with van der Waals surface area (Å²) in [7, 11) is 0. The molecule has 0 unspecified atom stereocenters. The molecule has 0 saturated heterocycles. The third-order valence-corrected chi connectivity index (χ3v) is 3.01. The lowest BCUT2D eigenvalue weighted by Gasteiger charge is -2.11. The van der Waals surface area contributed by atoms with Gasteiger partial charge in [-0.05, 0) is 42.5 Å². The quantitative estimate of drug-likeness (QED) is 0.573. The van der Waals surface area contributed by atoms with E-state index in [4.69, 9.17) is 12.2 Å². The Bertz CT molecular complexity index is 621. The van der Waals surface area contributed by atoms with Gasteiger partial charge >= 0.3 is 0 Å². The maximum atomic E-state index is 11.8. The van der Waals surface area contributed by atoms with Gasteiger partial charge in [-0.2, -0.15) is 0 Å². The Morgan fingerprint density at radius 3 is 2.60 bits per heavy atom. The number of benzene rings is 1. The Hall–Kier alpha value is -1.99. The molecule has 20 heavy (non-hydrogen) atoms. The molecule has 0 radical (unpaired) electrons. The van der Waals surface area contributed by atoms with Crippen molar-refractivity contribution in [3.8, 4) is 0 Å². The van der Waals surface area contributed by atoms with E-state index in [2.05, 4.69) is 37.1 Å². The average molecular weight is 351 g/mol. The largest absolute Gasteiger partial charge is 0.331 e. The standard InChI is InChI=1S/C13H11BrN4OS/c14-10-2-1-3-11(8-10)16-13(20)18-17-12(19)9-4-6-15-7-5-9/h1-8H,(H,17,19)(H2,16,18,20). The average Bonchev–Trinajstić information content (AvgIpc) is 2.46. The first-order chi connectivity index (χ1) is 9.65. The van der Waals surface area contributed by atoms with Gasteiger partial charge in [0.25, 0.3) is 5.91 Å². The highest BCUT2D eigenvalue weighted by atomic mass is 79.9. The van der Waals surface area contributed by atoms with E-state index in [0.29, 0.717) is 10.7 Å². The molecule has 1 aromatic carbocycles. The smallest absolute Gasteiger partial charge is 0.269 e. The first kappa shape index (κ1) is 14.4. The Morgan fingerprint density at radius 1 is 1.15 bits per heavy atom. The van der Waals surface area contributed by atoms with Gasteiger partial charge in [-0.25, -0.2) is 0 Å². The number of aromatic nitrogens is 1. The molecule has 1 heterocycles. The summed E-state index contributed by atoms with van der Waals surface area (Å²) in [4.78, 5) is 15.6. The number of nitrogens with one attached hydrogen (secondary N) is 3. The van der Waals surface area contributed by atoms with Crippen molar-refractivity contribution in [3.63, 3.8) is 0 Å². The molecule has 0 saturated carbocycles. The van der Waals surface area contributed by atoms with E-state index in [9.17, 15) is 4.79 Å². The van der Waals surface area contributed by atoms with E-state index in [0.717, 1.165) is 10.2 Å². The zero-order valence-corrected chi connectivity index (χ0v) is 12.7. The van der Waals surface area contributed by atoms with Crippen molar-refractivity contribution in [3.05, 3.63) is 58.8 Å². The minimum absolute atomic E-state index is 0.286. The zero-order valence-electron chi connectivity index (χ0n) is 10.3. The summed E-state index contributed by atoms with van der Waals surface area (Å²) in [5.74, 6) is -0.286. The van der Waals surface area contributed by atoms with Crippen molar-refractivity contribution < 1.29 is 4.79 Å². The Labute approximate surface area is 129 Å². The zero-order chi connectivity index (χ0) is 14.4. The number of rotatable bonds is 2. The molecule has 7 heteroatoms. The van der Waals surface area contributed by atoms with Crippen molar-refractivity contribution in [1.82, 2.24) is 15.8 Å². The highest BCUT2D eigenvalue weighted by Gasteiger charge is 2.04. The van der Waals surface area contributed by atoms with Gasteiger partial charge in [0.15, 0.2) is 5.11 Å². The maximum absolute atomic E-state index is 11.8. The van der Waals surface area contributed by atoms with Crippen LogP contribution in [0.2, 0.25) is 0 Å². The van der Waals surface area contributed by atoms with E-state index in [1.165, 1.54) is 0 Å². The van der Waals surface area contributed by atoms with Crippen LogP contribution >= 0.6 is 28.1 Å². The molecule has 0 aliphatic heterocycles.